The van der Waals surface area contributed by atoms with Crippen LogP contribution in [0.2, 0.25) is 0 Å². The maximum atomic E-state index is 13.0. The smallest absolute Gasteiger partial charge is 0.493 e. The Bertz CT molecular complexity index is 1240. The zero-order chi connectivity index (χ0) is 26.6. The van der Waals surface area contributed by atoms with Gasteiger partial charge in [0.25, 0.3) is 0 Å². The van der Waals surface area contributed by atoms with Gasteiger partial charge in [-0.3, -0.25) is 0 Å². The number of methoxy groups -OCH3 is 2. The molecule has 37 heavy (non-hydrogen) atoms. The van der Waals surface area contributed by atoms with Crippen molar-refractivity contribution in [3.05, 3.63) is 83.4 Å². The summed E-state index contributed by atoms with van der Waals surface area (Å²) in [7, 11) is 3.09. The average molecular weight is 516 g/mol. The Morgan fingerprint density at radius 3 is 2.30 bits per heavy atom. The summed E-state index contributed by atoms with van der Waals surface area (Å²) < 4.78 is 54.2. The molecule has 2 amide bonds. The van der Waals surface area contributed by atoms with E-state index in [0.717, 1.165) is 11.1 Å². The predicted octanol–water partition coefficient (Wildman–Crippen LogP) is 5.63. The van der Waals surface area contributed by atoms with Gasteiger partial charge in [0, 0.05) is 6.54 Å². The number of urea groups is 1. The van der Waals surface area contributed by atoms with Crippen LogP contribution in [0.25, 0.3) is 0 Å². The number of fused-ring (bicyclic) bond motifs is 1. The second kappa shape index (κ2) is 11.0. The van der Waals surface area contributed by atoms with Crippen molar-refractivity contribution in [3.8, 4) is 17.2 Å². The molecule has 1 heterocycles. The third-order valence-corrected chi connectivity index (χ3v) is 6.33. The molecule has 0 radical (unpaired) electrons. The summed E-state index contributed by atoms with van der Waals surface area (Å²) in [5.41, 5.74) is 8.70. The summed E-state index contributed by atoms with van der Waals surface area (Å²) in [5.74, 6) is 0.839. The fourth-order valence-electron chi connectivity index (χ4n) is 4.76. The van der Waals surface area contributed by atoms with Crippen molar-refractivity contribution in [3.63, 3.8) is 0 Å². The lowest BCUT2D eigenvalue weighted by molar-refractivity contribution is -0.274. The van der Waals surface area contributed by atoms with Crippen molar-refractivity contribution in [2.24, 2.45) is 5.73 Å². The number of amides is 2. The third-order valence-electron chi connectivity index (χ3n) is 6.33. The normalized spacial score (nSPS) is 15.5. The molecule has 1 aliphatic rings. The molecule has 4 rings (SSSR count). The largest absolute Gasteiger partial charge is 0.573 e. The SMILES string of the molecule is COc1cc2c(cc1OC)C(CCc1ccccc1OC(F)(F)F)N(N(C(N)=O)c1ccccc1)CC2. The van der Waals surface area contributed by atoms with Crippen LogP contribution in [0, 0.1) is 0 Å². The topological polar surface area (TPSA) is 77.3 Å². The summed E-state index contributed by atoms with van der Waals surface area (Å²) >= 11 is 0. The Hall–Kier alpha value is -3.92. The second-order valence-electron chi connectivity index (χ2n) is 8.51. The Labute approximate surface area is 213 Å². The monoisotopic (exact) mass is 515 g/mol. The summed E-state index contributed by atoms with van der Waals surface area (Å²) in [5, 5.41) is 3.28. The molecule has 0 aromatic heterocycles. The number of aryl methyl sites for hydroxylation is 1. The lowest BCUT2D eigenvalue weighted by Crippen LogP contribution is -2.53. The molecule has 7 nitrogen and oxygen atoms in total. The van der Waals surface area contributed by atoms with Crippen molar-refractivity contribution in [1.82, 2.24) is 5.01 Å². The van der Waals surface area contributed by atoms with E-state index in [2.05, 4.69) is 4.74 Å². The number of carbonyl (C=O) groups is 1. The van der Waals surface area contributed by atoms with Gasteiger partial charge in [0.05, 0.1) is 25.9 Å². The Morgan fingerprint density at radius 2 is 1.65 bits per heavy atom. The molecule has 1 unspecified atom stereocenters. The standard InChI is InChI=1S/C27H28F3N3O4/c1-35-24-16-19-14-15-32(33(26(31)34)20-9-4-3-5-10-20)22(21(19)17-25(24)36-2)13-12-18-8-6-7-11-23(18)37-27(28,29)30/h3-11,16-17,22H,12-15H2,1-2H3,(H2,31,34). The van der Waals surface area contributed by atoms with E-state index in [1.54, 1.807) is 43.5 Å². The van der Waals surface area contributed by atoms with Crippen molar-refractivity contribution < 1.29 is 32.2 Å². The summed E-state index contributed by atoms with van der Waals surface area (Å²) in [4.78, 5) is 12.7. The van der Waals surface area contributed by atoms with Crippen molar-refractivity contribution in [1.29, 1.82) is 0 Å². The summed E-state index contributed by atoms with van der Waals surface area (Å²) in [6.07, 6.45) is -3.59. The number of benzene rings is 3. The van der Waals surface area contributed by atoms with Crippen LogP contribution in [-0.4, -0.2) is 38.2 Å². The number of hydrogen-bond acceptors (Lipinski definition) is 5. The van der Waals surface area contributed by atoms with Gasteiger partial charge in [0.15, 0.2) is 11.5 Å². The number of anilines is 1. The first-order chi connectivity index (χ1) is 17.7. The molecule has 1 aliphatic heterocycles. The van der Waals surface area contributed by atoms with Gasteiger partial charge in [0.1, 0.15) is 5.75 Å². The van der Waals surface area contributed by atoms with Crippen LogP contribution in [0.15, 0.2) is 66.7 Å². The van der Waals surface area contributed by atoms with Gasteiger partial charge in [-0.05, 0) is 66.3 Å². The van der Waals surface area contributed by atoms with E-state index in [9.17, 15) is 18.0 Å². The van der Waals surface area contributed by atoms with E-state index in [-0.39, 0.29) is 12.2 Å². The quantitative estimate of drug-likeness (QED) is 0.421. The van der Waals surface area contributed by atoms with E-state index in [0.29, 0.717) is 42.1 Å². The van der Waals surface area contributed by atoms with Gasteiger partial charge >= 0.3 is 12.4 Å². The molecular formula is C27H28F3N3O4. The highest BCUT2D eigenvalue weighted by atomic mass is 19.4. The van der Waals surface area contributed by atoms with Gasteiger partial charge in [-0.1, -0.05) is 36.4 Å². The molecule has 0 saturated carbocycles. The molecule has 1 atom stereocenters. The van der Waals surface area contributed by atoms with Gasteiger partial charge in [0.2, 0.25) is 0 Å². The van der Waals surface area contributed by atoms with Crippen LogP contribution in [0.1, 0.15) is 29.2 Å². The molecule has 10 heteroatoms. The van der Waals surface area contributed by atoms with Gasteiger partial charge in [-0.15, -0.1) is 13.2 Å². The van der Waals surface area contributed by atoms with E-state index in [1.807, 2.05) is 23.2 Å². The fraction of sp³-hybridized carbons (Fsp3) is 0.296. The molecule has 2 N–H and O–H groups in total. The minimum absolute atomic E-state index is 0.250. The van der Waals surface area contributed by atoms with Crippen LogP contribution in [0.3, 0.4) is 0 Å². The van der Waals surface area contributed by atoms with Crippen molar-refractivity contribution in [2.75, 3.05) is 25.8 Å². The van der Waals surface area contributed by atoms with Gasteiger partial charge in [-0.25, -0.2) is 14.8 Å². The number of nitrogens with two attached hydrogens (primary N) is 1. The maximum absolute atomic E-state index is 13.0. The van der Waals surface area contributed by atoms with E-state index in [1.165, 1.54) is 24.3 Å². The fourth-order valence-corrected chi connectivity index (χ4v) is 4.76. The first kappa shape index (κ1) is 26.2. The number of rotatable bonds is 8. The number of hydrazine groups is 1. The van der Waals surface area contributed by atoms with E-state index in [4.69, 9.17) is 15.2 Å². The summed E-state index contributed by atoms with van der Waals surface area (Å²) in [6, 6.07) is 17.7. The Kier molecular flexibility index (Phi) is 7.77. The van der Waals surface area contributed by atoms with Crippen LogP contribution in [0.4, 0.5) is 23.7 Å². The number of halogens is 3. The van der Waals surface area contributed by atoms with Crippen LogP contribution >= 0.6 is 0 Å². The Balaban J connectivity index is 1.75. The van der Waals surface area contributed by atoms with Crippen LogP contribution < -0.4 is 25.0 Å². The molecule has 3 aromatic carbocycles. The molecule has 0 bridgehead atoms. The van der Waals surface area contributed by atoms with Gasteiger partial charge < -0.3 is 19.9 Å². The minimum atomic E-state index is -4.81. The van der Waals surface area contributed by atoms with Crippen molar-refractivity contribution in [2.45, 2.75) is 31.7 Å². The number of carbonyl (C=O) groups excluding carboxylic acids is 1. The zero-order valence-corrected chi connectivity index (χ0v) is 20.5. The number of hydrogen-bond donors (Lipinski definition) is 1. The number of alkyl halides is 3. The first-order valence-corrected chi connectivity index (χ1v) is 11.7. The molecule has 196 valence electrons. The summed E-state index contributed by atoms with van der Waals surface area (Å²) in [6.45, 7) is 0.450. The highest BCUT2D eigenvalue weighted by molar-refractivity contribution is 5.89. The van der Waals surface area contributed by atoms with Gasteiger partial charge in [-0.2, -0.15) is 0 Å². The van der Waals surface area contributed by atoms with E-state index < -0.39 is 18.4 Å². The average Bonchev–Trinajstić information content (AvgIpc) is 2.87. The Morgan fingerprint density at radius 1 is 1.00 bits per heavy atom. The first-order valence-electron chi connectivity index (χ1n) is 11.7. The zero-order valence-electron chi connectivity index (χ0n) is 20.5. The molecule has 3 aromatic rings. The third kappa shape index (κ3) is 5.91. The lowest BCUT2D eigenvalue weighted by atomic mass is 9.89. The number of para-hydroxylation sites is 2. The second-order valence-corrected chi connectivity index (χ2v) is 8.51. The van der Waals surface area contributed by atoms with Crippen LogP contribution in [0.5, 0.6) is 17.2 Å². The highest BCUT2D eigenvalue weighted by Crippen LogP contribution is 2.42. The number of nitrogens with zero attached hydrogens (tertiary/aromatic N) is 2. The highest BCUT2D eigenvalue weighted by Gasteiger charge is 2.36. The van der Waals surface area contributed by atoms with Crippen LogP contribution in [-0.2, 0) is 12.8 Å². The predicted molar refractivity (Wildman–Crippen MR) is 133 cm³/mol. The maximum Gasteiger partial charge on any atom is 0.573 e. The molecule has 0 fully saturated rings. The van der Waals surface area contributed by atoms with Crippen molar-refractivity contribution >= 4 is 11.7 Å². The molecular weight excluding hydrogens is 487 g/mol. The molecule has 0 aliphatic carbocycles. The minimum Gasteiger partial charge on any atom is -0.493 e. The molecule has 0 spiro atoms. The number of primary amides is 1. The lowest BCUT2D eigenvalue weighted by Gasteiger charge is -2.43. The van der Waals surface area contributed by atoms with E-state index >= 15 is 0 Å². The number of ether oxygens (including phenoxy) is 3. The molecule has 0 saturated heterocycles.